The number of aryl methyl sites for hydroxylation is 1. The fourth-order valence-electron chi connectivity index (χ4n) is 2.83. The van der Waals surface area contributed by atoms with E-state index in [1.54, 1.807) is 12.1 Å². The summed E-state index contributed by atoms with van der Waals surface area (Å²) in [6.45, 7) is 1.45. The van der Waals surface area contributed by atoms with Crippen molar-refractivity contribution in [2.24, 2.45) is 0 Å². The highest BCUT2D eigenvalue weighted by molar-refractivity contribution is 9.10. The van der Waals surface area contributed by atoms with E-state index in [1.165, 1.54) is 12.3 Å². The van der Waals surface area contributed by atoms with Gasteiger partial charge >= 0.3 is 5.97 Å². The van der Waals surface area contributed by atoms with Crippen LogP contribution >= 0.6 is 15.9 Å². The first kappa shape index (κ1) is 22.3. The van der Waals surface area contributed by atoms with Crippen LogP contribution < -0.4 is 10.6 Å². The lowest BCUT2D eigenvalue weighted by atomic mass is 10.1. The molecule has 1 atom stereocenters. The first-order valence-corrected chi connectivity index (χ1v) is 10.3. The number of esters is 1. The molecule has 7 nitrogen and oxygen atoms in total. The van der Waals surface area contributed by atoms with Crippen molar-refractivity contribution in [2.45, 2.75) is 19.4 Å². The van der Waals surface area contributed by atoms with Gasteiger partial charge < -0.3 is 19.8 Å². The van der Waals surface area contributed by atoms with E-state index in [-0.39, 0.29) is 12.2 Å². The van der Waals surface area contributed by atoms with Crippen molar-refractivity contribution in [1.29, 1.82) is 0 Å². The van der Waals surface area contributed by atoms with Crippen LogP contribution in [0.15, 0.2) is 75.8 Å². The van der Waals surface area contributed by atoms with E-state index < -0.39 is 30.4 Å². The van der Waals surface area contributed by atoms with Crippen molar-refractivity contribution in [3.63, 3.8) is 0 Å². The average molecular weight is 485 g/mol. The van der Waals surface area contributed by atoms with Gasteiger partial charge in [-0.05, 0) is 58.2 Å². The van der Waals surface area contributed by atoms with Crippen LogP contribution in [0.4, 0.5) is 5.69 Å². The zero-order chi connectivity index (χ0) is 22.2. The van der Waals surface area contributed by atoms with Crippen molar-refractivity contribution in [3.8, 4) is 0 Å². The van der Waals surface area contributed by atoms with Crippen LogP contribution in [-0.2, 0) is 20.7 Å². The number of carbonyl (C=O) groups is 3. The molecule has 0 aliphatic rings. The molecular formula is C23H21BrN2O5. The molecule has 0 aliphatic heterocycles. The molecule has 1 unspecified atom stereocenters. The van der Waals surface area contributed by atoms with Gasteiger partial charge in [-0.1, -0.05) is 36.4 Å². The molecule has 31 heavy (non-hydrogen) atoms. The highest BCUT2D eigenvalue weighted by Gasteiger charge is 2.25. The van der Waals surface area contributed by atoms with Crippen LogP contribution in [0.25, 0.3) is 0 Å². The van der Waals surface area contributed by atoms with E-state index >= 15 is 0 Å². The highest BCUT2D eigenvalue weighted by Crippen LogP contribution is 2.23. The summed E-state index contributed by atoms with van der Waals surface area (Å²) in [5, 5.41) is 5.29. The number of benzene rings is 2. The first-order valence-electron chi connectivity index (χ1n) is 9.53. The summed E-state index contributed by atoms with van der Waals surface area (Å²) in [5.41, 5.74) is 2.43. The maximum atomic E-state index is 12.7. The average Bonchev–Trinajstić information content (AvgIpc) is 3.29. The second-order valence-electron chi connectivity index (χ2n) is 6.83. The monoisotopic (exact) mass is 484 g/mol. The number of carbonyl (C=O) groups excluding carboxylic acids is 3. The van der Waals surface area contributed by atoms with Crippen molar-refractivity contribution < 1.29 is 23.5 Å². The number of halogens is 1. The Balaban J connectivity index is 1.62. The van der Waals surface area contributed by atoms with E-state index in [9.17, 15) is 14.4 Å². The zero-order valence-corrected chi connectivity index (χ0v) is 18.3. The van der Waals surface area contributed by atoms with Gasteiger partial charge in [0.15, 0.2) is 12.4 Å². The minimum absolute atomic E-state index is 0.0767. The van der Waals surface area contributed by atoms with E-state index in [0.29, 0.717) is 5.69 Å². The lowest BCUT2D eigenvalue weighted by Gasteiger charge is -2.17. The van der Waals surface area contributed by atoms with Crippen LogP contribution in [-0.4, -0.2) is 30.4 Å². The Labute approximate surface area is 187 Å². The Morgan fingerprint density at radius 2 is 1.84 bits per heavy atom. The Hall–Kier alpha value is -3.39. The molecule has 1 heterocycles. The van der Waals surface area contributed by atoms with Gasteiger partial charge in [-0.25, -0.2) is 4.79 Å². The molecule has 0 aliphatic carbocycles. The lowest BCUT2D eigenvalue weighted by Crippen LogP contribution is -2.44. The van der Waals surface area contributed by atoms with Gasteiger partial charge in [-0.2, -0.15) is 0 Å². The fraction of sp³-hybridized carbons (Fsp3) is 0.174. The van der Waals surface area contributed by atoms with Crippen molar-refractivity contribution >= 4 is 39.4 Å². The van der Waals surface area contributed by atoms with Gasteiger partial charge in [0, 0.05) is 10.9 Å². The number of hydrogen-bond donors (Lipinski definition) is 2. The van der Waals surface area contributed by atoms with Gasteiger partial charge in [0.25, 0.3) is 11.8 Å². The van der Waals surface area contributed by atoms with E-state index in [2.05, 4.69) is 26.6 Å². The van der Waals surface area contributed by atoms with Gasteiger partial charge in [-0.15, -0.1) is 0 Å². The maximum Gasteiger partial charge on any atom is 0.329 e. The van der Waals surface area contributed by atoms with E-state index in [1.807, 2.05) is 49.4 Å². The molecule has 3 rings (SSSR count). The molecule has 2 N–H and O–H groups in total. The SMILES string of the molecule is Cc1ccc(NC(=O)COC(=O)C(Cc2ccccc2)NC(=O)c2ccco2)c(Br)c1. The third kappa shape index (κ3) is 6.55. The summed E-state index contributed by atoms with van der Waals surface area (Å²) in [6.07, 6.45) is 1.57. The number of anilines is 1. The predicted molar refractivity (Wildman–Crippen MR) is 119 cm³/mol. The molecule has 3 aromatic rings. The van der Waals surface area contributed by atoms with Gasteiger partial charge in [-0.3, -0.25) is 9.59 Å². The standard InChI is InChI=1S/C23H21BrN2O5/c1-15-9-10-18(17(24)12-15)25-21(27)14-31-23(29)19(13-16-6-3-2-4-7-16)26-22(28)20-8-5-11-30-20/h2-12,19H,13-14H2,1H3,(H,25,27)(H,26,28). The van der Waals surface area contributed by atoms with Crippen molar-refractivity contribution in [1.82, 2.24) is 5.32 Å². The van der Waals surface area contributed by atoms with Gasteiger partial charge in [0.05, 0.1) is 12.0 Å². The number of rotatable bonds is 8. The van der Waals surface area contributed by atoms with E-state index in [0.717, 1.165) is 15.6 Å². The summed E-state index contributed by atoms with van der Waals surface area (Å²) >= 11 is 3.38. The smallest absolute Gasteiger partial charge is 0.329 e. The van der Waals surface area contributed by atoms with Crippen LogP contribution in [0.3, 0.4) is 0 Å². The topological polar surface area (TPSA) is 97.6 Å². The Kier molecular flexibility index (Phi) is 7.61. The molecule has 0 radical (unpaired) electrons. The molecule has 0 fully saturated rings. The predicted octanol–water partition coefficient (Wildman–Crippen LogP) is 3.87. The molecule has 8 heteroatoms. The maximum absolute atomic E-state index is 12.7. The molecule has 0 spiro atoms. The minimum Gasteiger partial charge on any atom is -0.459 e. The zero-order valence-electron chi connectivity index (χ0n) is 16.8. The molecule has 1 aromatic heterocycles. The molecular weight excluding hydrogens is 464 g/mol. The third-order valence-electron chi connectivity index (χ3n) is 4.36. The number of amides is 2. The molecule has 0 bridgehead atoms. The Bertz CT molecular complexity index is 1050. The second kappa shape index (κ2) is 10.6. The lowest BCUT2D eigenvalue weighted by molar-refractivity contribution is -0.149. The highest BCUT2D eigenvalue weighted by atomic mass is 79.9. The number of furan rings is 1. The van der Waals surface area contributed by atoms with E-state index in [4.69, 9.17) is 9.15 Å². The number of nitrogens with one attached hydrogen (secondary N) is 2. The van der Waals surface area contributed by atoms with Crippen molar-refractivity contribution in [3.05, 3.63) is 88.3 Å². The van der Waals surface area contributed by atoms with Crippen LogP contribution in [0, 0.1) is 6.92 Å². The van der Waals surface area contributed by atoms with Gasteiger partial charge in [0.1, 0.15) is 6.04 Å². The molecule has 2 aromatic carbocycles. The largest absolute Gasteiger partial charge is 0.459 e. The van der Waals surface area contributed by atoms with Crippen molar-refractivity contribution in [2.75, 3.05) is 11.9 Å². The quantitative estimate of drug-likeness (QED) is 0.472. The van der Waals surface area contributed by atoms with Gasteiger partial charge in [0.2, 0.25) is 0 Å². The summed E-state index contributed by atoms with van der Waals surface area (Å²) in [7, 11) is 0. The number of ether oxygens (including phenoxy) is 1. The normalized spacial score (nSPS) is 11.4. The molecule has 2 amide bonds. The first-order chi connectivity index (χ1) is 14.9. The summed E-state index contributed by atoms with van der Waals surface area (Å²) in [5.74, 6) is -1.68. The molecule has 0 saturated heterocycles. The summed E-state index contributed by atoms with van der Waals surface area (Å²) in [4.78, 5) is 37.3. The van der Waals surface area contributed by atoms with Crippen LogP contribution in [0.1, 0.15) is 21.7 Å². The fourth-order valence-corrected chi connectivity index (χ4v) is 3.42. The minimum atomic E-state index is -0.987. The van der Waals surface area contributed by atoms with Crippen LogP contribution in [0.5, 0.6) is 0 Å². The second-order valence-corrected chi connectivity index (χ2v) is 7.69. The molecule has 0 saturated carbocycles. The summed E-state index contributed by atoms with van der Waals surface area (Å²) in [6, 6.07) is 16.7. The van der Waals surface area contributed by atoms with Crippen LogP contribution in [0.2, 0.25) is 0 Å². The molecule has 160 valence electrons. The Morgan fingerprint density at radius 3 is 2.52 bits per heavy atom. The number of hydrogen-bond acceptors (Lipinski definition) is 5. The third-order valence-corrected chi connectivity index (χ3v) is 5.02. The summed E-state index contributed by atoms with van der Waals surface area (Å²) < 4.78 is 11.0. The Morgan fingerprint density at radius 1 is 1.06 bits per heavy atom.